The number of carbonyl (C=O) groups is 1. The van der Waals surface area contributed by atoms with Gasteiger partial charge >= 0.3 is 5.97 Å². The summed E-state index contributed by atoms with van der Waals surface area (Å²) in [5, 5.41) is 1.83. The summed E-state index contributed by atoms with van der Waals surface area (Å²) in [6, 6.07) is 3.52. The van der Waals surface area contributed by atoms with Crippen molar-refractivity contribution in [3.8, 4) is 0 Å². The standard InChI is InChI=1S/C11H12O3S/c12-11(10-7-4-8-15-10)14-13-9-5-2-1-3-6-9/h2,4-5,7-9H,1,3,6H2. The fraction of sp³-hybridized carbons (Fsp3) is 0.364. The molecule has 1 heterocycles. The van der Waals surface area contributed by atoms with Gasteiger partial charge in [0.2, 0.25) is 0 Å². The van der Waals surface area contributed by atoms with Crippen LogP contribution in [0.2, 0.25) is 0 Å². The number of thiophene rings is 1. The Balaban J connectivity index is 1.80. The summed E-state index contributed by atoms with van der Waals surface area (Å²) in [5.74, 6) is -0.413. The topological polar surface area (TPSA) is 35.5 Å². The Morgan fingerprint density at radius 1 is 1.53 bits per heavy atom. The highest BCUT2D eigenvalue weighted by Gasteiger charge is 2.14. The molecule has 4 heteroatoms. The SMILES string of the molecule is O=C(OOC1C=CCCC1)c1cccs1. The van der Waals surface area contributed by atoms with Gasteiger partial charge in [-0.3, -0.25) is 4.89 Å². The van der Waals surface area contributed by atoms with E-state index < -0.39 is 5.97 Å². The van der Waals surface area contributed by atoms with Crippen molar-refractivity contribution in [3.05, 3.63) is 34.5 Å². The summed E-state index contributed by atoms with van der Waals surface area (Å²) >= 11 is 1.35. The first-order valence-electron chi connectivity index (χ1n) is 4.94. The quantitative estimate of drug-likeness (QED) is 0.450. The zero-order chi connectivity index (χ0) is 10.5. The third-order valence-corrected chi connectivity index (χ3v) is 3.03. The lowest BCUT2D eigenvalue weighted by atomic mass is 10.1. The Labute approximate surface area is 92.2 Å². The van der Waals surface area contributed by atoms with Gasteiger partial charge < -0.3 is 0 Å². The van der Waals surface area contributed by atoms with Gasteiger partial charge in [-0.1, -0.05) is 18.2 Å². The molecule has 1 aliphatic carbocycles. The van der Waals surface area contributed by atoms with Crippen molar-refractivity contribution in [1.82, 2.24) is 0 Å². The molecule has 1 aromatic rings. The minimum Gasteiger partial charge on any atom is -0.291 e. The zero-order valence-electron chi connectivity index (χ0n) is 8.22. The molecule has 1 atom stereocenters. The Kier molecular flexibility index (Phi) is 3.53. The van der Waals surface area contributed by atoms with E-state index >= 15 is 0 Å². The molecule has 0 aliphatic heterocycles. The fourth-order valence-electron chi connectivity index (χ4n) is 1.40. The first-order chi connectivity index (χ1) is 7.36. The molecule has 0 N–H and O–H groups in total. The van der Waals surface area contributed by atoms with E-state index in [1.807, 2.05) is 23.6 Å². The van der Waals surface area contributed by atoms with Gasteiger partial charge in [-0.2, -0.15) is 4.89 Å². The number of hydrogen-bond acceptors (Lipinski definition) is 4. The van der Waals surface area contributed by atoms with E-state index in [9.17, 15) is 4.79 Å². The second kappa shape index (κ2) is 5.09. The molecule has 0 amide bonds. The van der Waals surface area contributed by atoms with E-state index in [0.717, 1.165) is 19.3 Å². The highest BCUT2D eigenvalue weighted by atomic mass is 32.1. The normalized spacial score (nSPS) is 20.1. The third-order valence-electron chi connectivity index (χ3n) is 2.18. The van der Waals surface area contributed by atoms with E-state index in [1.165, 1.54) is 11.3 Å². The molecule has 1 aliphatic rings. The second-order valence-corrected chi connectivity index (χ2v) is 4.29. The molecule has 0 spiro atoms. The Bertz CT molecular complexity index is 343. The van der Waals surface area contributed by atoms with Crippen molar-refractivity contribution < 1.29 is 14.6 Å². The molecule has 0 aromatic carbocycles. The van der Waals surface area contributed by atoms with E-state index in [2.05, 4.69) is 0 Å². The minimum absolute atomic E-state index is 0.0809. The third kappa shape index (κ3) is 2.91. The summed E-state index contributed by atoms with van der Waals surface area (Å²) in [4.78, 5) is 21.7. The molecule has 1 aromatic heterocycles. The van der Waals surface area contributed by atoms with Crippen LogP contribution in [-0.2, 0) is 9.78 Å². The first-order valence-corrected chi connectivity index (χ1v) is 5.82. The van der Waals surface area contributed by atoms with E-state index in [4.69, 9.17) is 9.78 Å². The lowest BCUT2D eigenvalue weighted by Gasteiger charge is -2.14. The number of hydrogen-bond donors (Lipinski definition) is 0. The minimum atomic E-state index is -0.413. The Hall–Kier alpha value is -1.13. The fourth-order valence-corrected chi connectivity index (χ4v) is 1.99. The van der Waals surface area contributed by atoms with Crippen molar-refractivity contribution in [2.75, 3.05) is 0 Å². The summed E-state index contributed by atoms with van der Waals surface area (Å²) in [7, 11) is 0. The molecule has 0 saturated carbocycles. The maximum Gasteiger partial charge on any atom is 0.382 e. The van der Waals surface area contributed by atoms with Gasteiger partial charge in [0.1, 0.15) is 11.0 Å². The van der Waals surface area contributed by atoms with E-state index in [1.54, 1.807) is 6.07 Å². The summed E-state index contributed by atoms with van der Waals surface area (Å²) in [6.45, 7) is 0. The monoisotopic (exact) mass is 224 g/mol. The molecular formula is C11H12O3S. The highest BCUT2D eigenvalue weighted by molar-refractivity contribution is 7.11. The maximum absolute atomic E-state index is 11.4. The van der Waals surface area contributed by atoms with Crippen molar-refractivity contribution in [2.45, 2.75) is 25.4 Å². The van der Waals surface area contributed by atoms with Crippen molar-refractivity contribution in [1.29, 1.82) is 0 Å². The summed E-state index contributed by atoms with van der Waals surface area (Å²) in [5.41, 5.74) is 0. The van der Waals surface area contributed by atoms with Gasteiger partial charge in [0.25, 0.3) is 0 Å². The van der Waals surface area contributed by atoms with Crippen LogP contribution in [0.4, 0.5) is 0 Å². The number of allylic oxidation sites excluding steroid dienone is 1. The van der Waals surface area contributed by atoms with Gasteiger partial charge in [0.05, 0.1) is 0 Å². The highest BCUT2D eigenvalue weighted by Crippen LogP contribution is 2.15. The first kappa shape index (κ1) is 10.4. The predicted molar refractivity (Wildman–Crippen MR) is 57.6 cm³/mol. The van der Waals surface area contributed by atoms with Gasteiger partial charge in [0, 0.05) is 0 Å². The van der Waals surface area contributed by atoms with Gasteiger partial charge in [-0.25, -0.2) is 4.79 Å². The van der Waals surface area contributed by atoms with Crippen LogP contribution in [0.25, 0.3) is 0 Å². The Morgan fingerprint density at radius 3 is 3.13 bits per heavy atom. The molecule has 0 saturated heterocycles. The van der Waals surface area contributed by atoms with Crippen LogP contribution in [0, 0.1) is 0 Å². The smallest absolute Gasteiger partial charge is 0.291 e. The maximum atomic E-state index is 11.4. The van der Waals surface area contributed by atoms with Crippen molar-refractivity contribution in [3.63, 3.8) is 0 Å². The largest absolute Gasteiger partial charge is 0.382 e. The molecule has 3 nitrogen and oxygen atoms in total. The molecular weight excluding hydrogens is 212 g/mol. The molecule has 0 fully saturated rings. The van der Waals surface area contributed by atoms with Crippen LogP contribution < -0.4 is 0 Å². The lowest BCUT2D eigenvalue weighted by Crippen LogP contribution is -2.15. The van der Waals surface area contributed by atoms with Crippen LogP contribution in [0.3, 0.4) is 0 Å². The van der Waals surface area contributed by atoms with Gasteiger partial charge in [-0.15, -0.1) is 11.3 Å². The van der Waals surface area contributed by atoms with Crippen LogP contribution in [0.1, 0.15) is 28.9 Å². The van der Waals surface area contributed by atoms with Crippen LogP contribution in [-0.4, -0.2) is 12.1 Å². The van der Waals surface area contributed by atoms with Crippen LogP contribution in [0.15, 0.2) is 29.7 Å². The van der Waals surface area contributed by atoms with Crippen molar-refractivity contribution in [2.24, 2.45) is 0 Å². The van der Waals surface area contributed by atoms with Gasteiger partial charge in [0.15, 0.2) is 0 Å². The molecule has 2 rings (SSSR count). The average molecular weight is 224 g/mol. The van der Waals surface area contributed by atoms with Crippen LogP contribution in [0.5, 0.6) is 0 Å². The summed E-state index contributed by atoms with van der Waals surface area (Å²) in [6.07, 6.45) is 6.98. The van der Waals surface area contributed by atoms with Gasteiger partial charge in [-0.05, 0) is 30.7 Å². The average Bonchev–Trinajstić information content (AvgIpc) is 2.81. The van der Waals surface area contributed by atoms with Crippen LogP contribution >= 0.6 is 11.3 Å². The lowest BCUT2D eigenvalue weighted by molar-refractivity contribution is -0.264. The summed E-state index contributed by atoms with van der Waals surface area (Å²) < 4.78 is 0. The molecule has 0 radical (unpaired) electrons. The molecule has 15 heavy (non-hydrogen) atoms. The Morgan fingerprint density at radius 2 is 2.47 bits per heavy atom. The number of rotatable bonds is 3. The molecule has 80 valence electrons. The predicted octanol–water partition coefficient (Wildman–Crippen LogP) is 2.95. The second-order valence-electron chi connectivity index (χ2n) is 3.34. The zero-order valence-corrected chi connectivity index (χ0v) is 9.03. The molecule has 1 unspecified atom stereocenters. The van der Waals surface area contributed by atoms with E-state index in [0.29, 0.717) is 4.88 Å². The van der Waals surface area contributed by atoms with Crippen molar-refractivity contribution >= 4 is 17.3 Å². The van der Waals surface area contributed by atoms with E-state index in [-0.39, 0.29) is 6.10 Å². The molecule has 0 bridgehead atoms. The number of carbonyl (C=O) groups excluding carboxylic acids is 1.